The average Bonchev–Trinajstić information content (AvgIpc) is 2.75. The largest absolute Gasteiger partial charge is 0.324 e. The zero-order valence-electron chi connectivity index (χ0n) is 13.2. The van der Waals surface area contributed by atoms with E-state index in [9.17, 15) is 13.2 Å². The molecule has 1 atom stereocenters. The van der Waals surface area contributed by atoms with Crippen LogP contribution in [0.15, 0.2) is 29.2 Å². The number of carbonyl (C=O) groups excluding carboxylic acids is 1. The van der Waals surface area contributed by atoms with E-state index in [-0.39, 0.29) is 16.8 Å². The molecule has 122 valence electrons. The molecular weight excluding hydrogens is 300 g/mol. The molecule has 22 heavy (non-hydrogen) atoms. The number of anilines is 1. The highest BCUT2D eigenvalue weighted by Gasteiger charge is 2.23. The number of rotatable bonds is 4. The van der Waals surface area contributed by atoms with Gasteiger partial charge in [-0.3, -0.25) is 9.69 Å². The Hall–Kier alpha value is -1.40. The van der Waals surface area contributed by atoms with Gasteiger partial charge in [0, 0.05) is 6.26 Å². The molecular formula is C16H24N2O3S. The van der Waals surface area contributed by atoms with Crippen molar-refractivity contribution in [2.45, 2.75) is 43.5 Å². The molecule has 1 saturated heterocycles. The molecule has 5 nitrogen and oxygen atoms in total. The van der Waals surface area contributed by atoms with E-state index in [1.54, 1.807) is 18.2 Å². The number of para-hydroxylation sites is 1. The lowest BCUT2D eigenvalue weighted by atomic mass is 10.2. The van der Waals surface area contributed by atoms with Crippen LogP contribution >= 0.6 is 0 Å². The molecule has 1 amide bonds. The Balaban J connectivity index is 2.12. The van der Waals surface area contributed by atoms with E-state index in [2.05, 4.69) is 10.2 Å². The fourth-order valence-electron chi connectivity index (χ4n) is 2.78. The molecule has 0 radical (unpaired) electrons. The van der Waals surface area contributed by atoms with Gasteiger partial charge in [-0.2, -0.15) is 0 Å². The van der Waals surface area contributed by atoms with Crippen molar-refractivity contribution < 1.29 is 13.2 Å². The van der Waals surface area contributed by atoms with E-state index in [4.69, 9.17) is 0 Å². The van der Waals surface area contributed by atoms with E-state index < -0.39 is 9.84 Å². The van der Waals surface area contributed by atoms with Gasteiger partial charge in [0.15, 0.2) is 9.84 Å². The summed E-state index contributed by atoms with van der Waals surface area (Å²) in [5.41, 5.74) is 0.358. The molecule has 1 N–H and O–H groups in total. The Bertz CT molecular complexity index is 620. The fraction of sp³-hybridized carbons (Fsp3) is 0.562. The summed E-state index contributed by atoms with van der Waals surface area (Å²) in [4.78, 5) is 14.8. The van der Waals surface area contributed by atoms with Gasteiger partial charge in [0.1, 0.15) is 0 Å². The number of benzene rings is 1. The second-order valence-electron chi connectivity index (χ2n) is 5.88. The molecule has 2 rings (SSSR count). The van der Waals surface area contributed by atoms with Gasteiger partial charge >= 0.3 is 0 Å². The Morgan fingerprint density at radius 1 is 1.14 bits per heavy atom. The first-order valence-corrected chi connectivity index (χ1v) is 9.63. The zero-order valence-corrected chi connectivity index (χ0v) is 14.0. The van der Waals surface area contributed by atoms with Crippen molar-refractivity contribution in [3.05, 3.63) is 24.3 Å². The van der Waals surface area contributed by atoms with Crippen LogP contribution in [0.1, 0.15) is 32.6 Å². The molecule has 6 heteroatoms. The molecule has 1 aliphatic rings. The molecule has 0 saturated carbocycles. The second-order valence-corrected chi connectivity index (χ2v) is 7.87. The van der Waals surface area contributed by atoms with Crippen molar-refractivity contribution >= 4 is 21.4 Å². The van der Waals surface area contributed by atoms with Crippen molar-refractivity contribution in [2.75, 3.05) is 24.7 Å². The van der Waals surface area contributed by atoms with Crippen LogP contribution in [0.25, 0.3) is 0 Å². The number of hydrogen-bond acceptors (Lipinski definition) is 4. The number of hydrogen-bond donors (Lipinski definition) is 1. The van der Waals surface area contributed by atoms with Crippen LogP contribution in [0.2, 0.25) is 0 Å². The van der Waals surface area contributed by atoms with E-state index in [0.29, 0.717) is 5.69 Å². The fourth-order valence-corrected chi connectivity index (χ4v) is 3.62. The smallest absolute Gasteiger partial charge is 0.241 e. The van der Waals surface area contributed by atoms with Crippen molar-refractivity contribution in [1.82, 2.24) is 4.90 Å². The molecule has 1 fully saturated rings. The van der Waals surface area contributed by atoms with Gasteiger partial charge in [-0.25, -0.2) is 8.42 Å². The summed E-state index contributed by atoms with van der Waals surface area (Å²) in [6.45, 7) is 3.72. The number of carbonyl (C=O) groups is 1. The van der Waals surface area contributed by atoms with Gasteiger partial charge in [-0.1, -0.05) is 25.0 Å². The average molecular weight is 324 g/mol. The lowest BCUT2D eigenvalue weighted by Gasteiger charge is -2.26. The van der Waals surface area contributed by atoms with Crippen LogP contribution < -0.4 is 5.32 Å². The number of sulfone groups is 1. The normalized spacial score (nSPS) is 18.5. The van der Waals surface area contributed by atoms with Gasteiger partial charge in [-0.15, -0.1) is 0 Å². The van der Waals surface area contributed by atoms with Gasteiger partial charge < -0.3 is 5.32 Å². The summed E-state index contributed by atoms with van der Waals surface area (Å²) < 4.78 is 23.6. The van der Waals surface area contributed by atoms with Crippen molar-refractivity contribution in [3.63, 3.8) is 0 Å². The minimum absolute atomic E-state index is 0.155. The van der Waals surface area contributed by atoms with Crippen molar-refractivity contribution in [3.8, 4) is 0 Å². The molecule has 0 unspecified atom stereocenters. The Labute approximate surface area is 132 Å². The Morgan fingerprint density at radius 2 is 1.73 bits per heavy atom. The lowest BCUT2D eigenvalue weighted by molar-refractivity contribution is -0.120. The van der Waals surface area contributed by atoms with Crippen molar-refractivity contribution in [2.24, 2.45) is 0 Å². The quantitative estimate of drug-likeness (QED) is 0.923. The number of amides is 1. The second kappa shape index (κ2) is 7.24. The topological polar surface area (TPSA) is 66.5 Å². The maximum atomic E-state index is 12.5. The summed E-state index contributed by atoms with van der Waals surface area (Å²) in [6, 6.07) is 6.27. The molecule has 0 spiro atoms. The lowest BCUT2D eigenvalue weighted by Crippen LogP contribution is -2.42. The highest BCUT2D eigenvalue weighted by molar-refractivity contribution is 7.90. The first-order valence-electron chi connectivity index (χ1n) is 7.73. The summed E-state index contributed by atoms with van der Waals surface area (Å²) in [5.74, 6) is -0.155. The van der Waals surface area contributed by atoms with Crippen LogP contribution in [0.3, 0.4) is 0 Å². The molecule has 1 aliphatic heterocycles. The van der Waals surface area contributed by atoms with Crippen LogP contribution in [0.5, 0.6) is 0 Å². The zero-order chi connectivity index (χ0) is 16.2. The molecule has 1 aromatic rings. The molecule has 0 aliphatic carbocycles. The predicted molar refractivity (Wildman–Crippen MR) is 87.7 cm³/mol. The maximum Gasteiger partial charge on any atom is 0.241 e. The van der Waals surface area contributed by atoms with Crippen LogP contribution in [-0.4, -0.2) is 44.6 Å². The van der Waals surface area contributed by atoms with E-state index in [1.165, 1.54) is 18.9 Å². The SMILES string of the molecule is C[C@@H](C(=O)Nc1ccccc1S(C)(=O)=O)N1CCCCCC1. The number of nitrogens with one attached hydrogen (secondary N) is 1. The standard InChI is InChI=1S/C16H24N2O3S/c1-13(18-11-7-3-4-8-12-18)16(19)17-14-9-5-6-10-15(14)22(2,20)21/h5-6,9-10,13H,3-4,7-8,11-12H2,1-2H3,(H,17,19)/t13-/m0/s1. The highest BCUT2D eigenvalue weighted by atomic mass is 32.2. The van der Waals surface area contributed by atoms with Crippen LogP contribution in [0.4, 0.5) is 5.69 Å². The first-order chi connectivity index (χ1) is 10.4. The predicted octanol–water partition coefficient (Wildman–Crippen LogP) is 2.29. The van der Waals surface area contributed by atoms with Gasteiger partial charge in [-0.05, 0) is 45.0 Å². The summed E-state index contributed by atoms with van der Waals surface area (Å²) >= 11 is 0. The van der Waals surface area contributed by atoms with E-state index in [1.807, 2.05) is 6.92 Å². The van der Waals surface area contributed by atoms with E-state index in [0.717, 1.165) is 32.2 Å². The van der Waals surface area contributed by atoms with Gasteiger partial charge in [0.05, 0.1) is 16.6 Å². The third kappa shape index (κ3) is 4.30. The monoisotopic (exact) mass is 324 g/mol. The Kier molecular flexibility index (Phi) is 5.58. The van der Waals surface area contributed by atoms with E-state index >= 15 is 0 Å². The Morgan fingerprint density at radius 3 is 2.32 bits per heavy atom. The first kappa shape index (κ1) is 17.0. The van der Waals surface area contributed by atoms with Gasteiger partial charge in [0.25, 0.3) is 0 Å². The summed E-state index contributed by atoms with van der Waals surface area (Å²) in [5, 5.41) is 2.77. The molecule has 1 aromatic carbocycles. The third-order valence-electron chi connectivity index (χ3n) is 4.11. The van der Waals surface area contributed by atoms with Crippen molar-refractivity contribution in [1.29, 1.82) is 0 Å². The number of nitrogens with zero attached hydrogens (tertiary/aromatic N) is 1. The van der Waals surface area contributed by atoms with Gasteiger partial charge in [0.2, 0.25) is 5.91 Å². The third-order valence-corrected chi connectivity index (χ3v) is 5.27. The number of likely N-dealkylation sites (tertiary alicyclic amines) is 1. The molecule has 0 aromatic heterocycles. The summed E-state index contributed by atoms with van der Waals surface area (Å²) in [7, 11) is -3.36. The minimum atomic E-state index is -3.36. The van der Waals surface area contributed by atoms with Crippen LogP contribution in [0, 0.1) is 0 Å². The summed E-state index contributed by atoms with van der Waals surface area (Å²) in [6.07, 6.45) is 5.79. The highest BCUT2D eigenvalue weighted by Crippen LogP contribution is 2.21. The molecule has 0 bridgehead atoms. The minimum Gasteiger partial charge on any atom is -0.324 e. The maximum absolute atomic E-state index is 12.5. The molecule has 1 heterocycles. The van der Waals surface area contributed by atoms with Crippen LogP contribution in [-0.2, 0) is 14.6 Å².